The monoisotopic (exact) mass is 394 g/mol. The van der Waals surface area contributed by atoms with Gasteiger partial charge < -0.3 is 0 Å². The normalized spacial score (nSPS) is 21.8. The van der Waals surface area contributed by atoms with Crippen molar-refractivity contribution >= 4 is 0 Å². The van der Waals surface area contributed by atoms with Crippen LogP contribution >= 0.6 is 0 Å². The molecule has 0 aliphatic heterocycles. The summed E-state index contributed by atoms with van der Waals surface area (Å²) in [6.45, 7) is 6.79. The Hall–Kier alpha value is -0.391. The maximum atomic E-state index is 2.30. The molecule has 0 aromatic rings. The topological polar surface area (TPSA) is 0 Å². The minimum atomic E-state index is 0.402. The number of hydrogen-bond acceptors (Lipinski definition) is 0. The number of hydrogen-bond donors (Lipinski definition) is 0. The fourth-order valence-electron chi connectivity index (χ4n) is 1.76. The van der Waals surface area contributed by atoms with Gasteiger partial charge in [0.05, 0.1) is 0 Å². The van der Waals surface area contributed by atoms with E-state index in [0.29, 0.717) is 5.41 Å². The molecule has 0 bridgehead atoms. The maximum absolute atomic E-state index is 2.30. The van der Waals surface area contributed by atoms with Crippen LogP contribution in [0.25, 0.3) is 0 Å². The van der Waals surface area contributed by atoms with E-state index < -0.39 is 0 Å². The molecule has 0 fully saturated rings. The van der Waals surface area contributed by atoms with Crippen molar-refractivity contribution in [2.75, 3.05) is 0 Å². The second-order valence-electron chi connectivity index (χ2n) is 4.88. The zero-order valence-corrected chi connectivity index (χ0v) is 12.8. The summed E-state index contributed by atoms with van der Waals surface area (Å²) in [6.07, 6.45) is 16.7. The Balaban J connectivity index is 0.000000181. The summed E-state index contributed by atoms with van der Waals surface area (Å²) in [5, 5.41) is 0. The van der Waals surface area contributed by atoms with E-state index in [1.165, 1.54) is 16.1 Å². The van der Waals surface area contributed by atoms with E-state index in [2.05, 4.69) is 76.1 Å². The molecule has 16 heavy (non-hydrogen) atoms. The van der Waals surface area contributed by atoms with Crippen molar-refractivity contribution in [1.29, 1.82) is 0 Å². The van der Waals surface area contributed by atoms with Gasteiger partial charge in [-0.2, -0.15) is 0 Å². The van der Waals surface area contributed by atoms with E-state index >= 15 is 0 Å². The zero-order chi connectivity index (χ0) is 12.0. The van der Waals surface area contributed by atoms with E-state index in [0.717, 1.165) is 12.8 Å². The predicted molar refractivity (Wildman–Crippen MR) is 67.8 cm³/mol. The van der Waals surface area contributed by atoms with E-state index in [1.54, 1.807) is 0 Å². The summed E-state index contributed by atoms with van der Waals surface area (Å²) in [5.41, 5.74) is 1.84. The fraction of sp³-hybridized carbons (Fsp3) is 0.467. The first-order valence-electron chi connectivity index (χ1n) is 5.85. The Morgan fingerprint density at radius 2 is 1.50 bits per heavy atom. The molecule has 0 amide bonds. The number of rotatable bonds is 0. The third kappa shape index (κ3) is 4.23. The second kappa shape index (κ2) is 6.37. The number of allylic oxidation sites excluding steroid dienone is 8. The van der Waals surface area contributed by atoms with E-state index in [1.807, 2.05) is 0 Å². The second-order valence-corrected chi connectivity index (χ2v) is 6.08. The van der Waals surface area contributed by atoms with E-state index in [9.17, 15) is 0 Å². The molecule has 0 nitrogen and oxygen atoms in total. The molecule has 1 heteroatoms. The van der Waals surface area contributed by atoms with Crippen LogP contribution in [0.3, 0.4) is 0 Å². The average molecular weight is 394 g/mol. The Morgan fingerprint density at radius 3 is 1.81 bits per heavy atom. The van der Waals surface area contributed by atoms with Gasteiger partial charge in [0.25, 0.3) is 0 Å². The van der Waals surface area contributed by atoms with Crippen LogP contribution in [-0.2, 0) is 18.9 Å². The van der Waals surface area contributed by atoms with Crippen molar-refractivity contribution in [3.05, 3.63) is 46.1 Å². The summed E-state index contributed by atoms with van der Waals surface area (Å²) < 4.78 is 1.54. The molecule has 0 saturated heterocycles. The molecule has 0 aromatic carbocycles. The molecule has 90 valence electrons. The minimum absolute atomic E-state index is 0.402. The van der Waals surface area contributed by atoms with Crippen LogP contribution in [0.2, 0.25) is 0 Å². The Bertz CT molecular complexity index is 320. The van der Waals surface area contributed by atoms with Gasteiger partial charge in [-0.3, -0.25) is 0 Å². The van der Waals surface area contributed by atoms with E-state index in [-0.39, 0.29) is 0 Å². The van der Waals surface area contributed by atoms with Crippen LogP contribution in [0, 0.1) is 5.41 Å². The van der Waals surface area contributed by atoms with Gasteiger partial charge in [-0.15, -0.1) is 0 Å². The van der Waals surface area contributed by atoms with Crippen LogP contribution in [0.4, 0.5) is 0 Å². The molecular weight excluding hydrogens is 372 g/mol. The van der Waals surface area contributed by atoms with Crippen molar-refractivity contribution in [2.45, 2.75) is 40.0 Å². The van der Waals surface area contributed by atoms with E-state index in [4.69, 9.17) is 0 Å². The van der Waals surface area contributed by atoms with Gasteiger partial charge in [0, 0.05) is 0 Å². The van der Waals surface area contributed by atoms with Crippen molar-refractivity contribution in [2.24, 2.45) is 5.41 Å². The molecule has 0 saturated carbocycles. The van der Waals surface area contributed by atoms with Crippen LogP contribution < -0.4 is 0 Å². The first-order valence-corrected chi connectivity index (χ1v) is 7.05. The van der Waals surface area contributed by atoms with Crippen LogP contribution in [0.5, 0.6) is 0 Å². The summed E-state index contributed by atoms with van der Waals surface area (Å²) >= 11 is 2.23. The molecule has 0 radical (unpaired) electrons. The molecule has 0 aromatic heterocycles. The molecule has 0 spiro atoms. The SMILES string of the molecule is C1=CCC=CC1.CC1=[C]([Ir])C(C)(C)CC=C1. The predicted octanol–water partition coefficient (Wildman–Crippen LogP) is 4.69. The third-order valence-electron chi connectivity index (χ3n) is 2.77. The fourth-order valence-corrected chi connectivity index (χ4v) is 2.20. The van der Waals surface area contributed by atoms with Gasteiger partial charge in [0.15, 0.2) is 0 Å². The van der Waals surface area contributed by atoms with Crippen molar-refractivity contribution in [3.8, 4) is 0 Å². The quantitative estimate of drug-likeness (QED) is 0.524. The molecule has 0 unspecified atom stereocenters. The molecule has 0 N–H and O–H groups in total. The van der Waals surface area contributed by atoms with Crippen LogP contribution in [0.15, 0.2) is 46.1 Å². The van der Waals surface area contributed by atoms with Crippen LogP contribution in [-0.4, -0.2) is 0 Å². The first-order chi connectivity index (χ1) is 7.54. The molecule has 0 heterocycles. The van der Waals surface area contributed by atoms with Gasteiger partial charge in [-0.25, -0.2) is 0 Å². The Morgan fingerprint density at radius 1 is 1.00 bits per heavy atom. The molecule has 2 aliphatic carbocycles. The van der Waals surface area contributed by atoms with Crippen molar-refractivity contribution in [1.82, 2.24) is 0 Å². The zero-order valence-electron chi connectivity index (χ0n) is 10.4. The molecule has 0 atom stereocenters. The average Bonchev–Trinajstić information content (AvgIpc) is 2.29. The summed E-state index contributed by atoms with van der Waals surface area (Å²) in [7, 11) is 0. The van der Waals surface area contributed by atoms with Gasteiger partial charge >= 0.3 is 73.3 Å². The molecule has 2 rings (SSSR count). The first kappa shape index (κ1) is 13.7. The molecular formula is C15H21Ir. The van der Waals surface area contributed by atoms with Crippen LogP contribution in [0.1, 0.15) is 40.0 Å². The summed E-state index contributed by atoms with van der Waals surface area (Å²) in [5.74, 6) is 0. The standard InChI is InChI=1S/C9H13.C6H8.Ir/c1-8-5-4-6-9(2,3)7-8;1-2-4-6-5-3-1;/h4-5H,6H2,1-3H3;1-2,5-6H,3-4H2;. The van der Waals surface area contributed by atoms with Gasteiger partial charge in [0.1, 0.15) is 0 Å². The Labute approximate surface area is 110 Å². The summed E-state index contributed by atoms with van der Waals surface area (Å²) in [6, 6.07) is 0. The van der Waals surface area contributed by atoms with Crippen molar-refractivity contribution < 1.29 is 18.9 Å². The van der Waals surface area contributed by atoms with Gasteiger partial charge in [-0.05, 0) is 12.8 Å². The summed E-state index contributed by atoms with van der Waals surface area (Å²) in [4.78, 5) is 0. The van der Waals surface area contributed by atoms with Gasteiger partial charge in [-0.1, -0.05) is 24.3 Å². The van der Waals surface area contributed by atoms with Crippen molar-refractivity contribution in [3.63, 3.8) is 0 Å². The Kier molecular flexibility index (Phi) is 5.44. The van der Waals surface area contributed by atoms with Gasteiger partial charge in [0.2, 0.25) is 0 Å². The third-order valence-corrected chi connectivity index (χ3v) is 5.33. The molecule has 2 aliphatic rings.